The zero-order valence-electron chi connectivity index (χ0n) is 8.76. The molecular weight excluding hydrogens is 244 g/mol. The number of aromatic nitrogens is 11. The highest BCUT2D eigenvalue weighted by Gasteiger charge is 2.18. The summed E-state index contributed by atoms with van der Waals surface area (Å²) in [7, 11) is 0. The molecule has 3 heterocycles. The van der Waals surface area contributed by atoms with E-state index in [1.165, 1.54) is 0 Å². The highest BCUT2D eigenvalue weighted by atomic mass is 15.5. The van der Waals surface area contributed by atoms with Crippen LogP contribution in [-0.2, 0) is 0 Å². The van der Waals surface area contributed by atoms with Crippen molar-refractivity contribution >= 4 is 0 Å². The van der Waals surface area contributed by atoms with Gasteiger partial charge in [0.15, 0.2) is 0 Å². The SMILES string of the molecule is NN.Nn1c(-c2nn[nH]n2)nnc1-c1nn[nH]n1. The molecule has 3 aromatic heterocycles. The summed E-state index contributed by atoms with van der Waals surface area (Å²) in [5.41, 5.74) is 0. The van der Waals surface area contributed by atoms with Crippen molar-refractivity contribution < 1.29 is 0 Å². The van der Waals surface area contributed by atoms with Gasteiger partial charge < -0.3 is 5.84 Å². The van der Waals surface area contributed by atoms with E-state index in [0.717, 1.165) is 4.68 Å². The fourth-order valence-corrected chi connectivity index (χ4v) is 1.11. The van der Waals surface area contributed by atoms with Gasteiger partial charge in [0.25, 0.3) is 0 Å². The van der Waals surface area contributed by atoms with Crippen molar-refractivity contribution in [1.29, 1.82) is 0 Å². The third-order valence-corrected chi connectivity index (χ3v) is 1.79. The van der Waals surface area contributed by atoms with Gasteiger partial charge in [0.2, 0.25) is 23.3 Å². The van der Waals surface area contributed by atoms with Crippen LogP contribution in [0.4, 0.5) is 0 Å². The fourth-order valence-electron chi connectivity index (χ4n) is 1.11. The van der Waals surface area contributed by atoms with Crippen LogP contribution in [0, 0.1) is 0 Å². The van der Waals surface area contributed by atoms with Crippen LogP contribution >= 0.6 is 0 Å². The van der Waals surface area contributed by atoms with E-state index >= 15 is 0 Å². The van der Waals surface area contributed by atoms with Crippen LogP contribution in [0.2, 0.25) is 0 Å². The van der Waals surface area contributed by atoms with Gasteiger partial charge in [0.1, 0.15) is 0 Å². The Kier molecular flexibility index (Phi) is 3.12. The molecule has 0 aliphatic rings. The Balaban J connectivity index is 0.000000574. The zero-order valence-corrected chi connectivity index (χ0v) is 8.76. The first-order valence-corrected chi connectivity index (χ1v) is 4.37. The number of H-pyrrole nitrogens is 2. The lowest BCUT2D eigenvalue weighted by molar-refractivity contribution is 0.881. The Morgan fingerprint density at radius 3 is 1.56 bits per heavy atom. The van der Waals surface area contributed by atoms with Gasteiger partial charge in [-0.3, -0.25) is 11.7 Å². The van der Waals surface area contributed by atoms with Gasteiger partial charge in [-0.2, -0.15) is 10.4 Å². The van der Waals surface area contributed by atoms with E-state index in [9.17, 15) is 0 Å². The van der Waals surface area contributed by atoms with E-state index in [2.05, 4.69) is 63.1 Å². The Morgan fingerprint density at radius 2 is 1.22 bits per heavy atom. The second-order valence-corrected chi connectivity index (χ2v) is 2.69. The summed E-state index contributed by atoms with van der Waals surface area (Å²) in [6, 6.07) is 0. The molecule has 18 heavy (non-hydrogen) atoms. The Bertz CT molecular complexity index is 522. The second-order valence-electron chi connectivity index (χ2n) is 2.69. The molecule has 14 nitrogen and oxygen atoms in total. The number of hydrazine groups is 1. The van der Waals surface area contributed by atoms with E-state index < -0.39 is 0 Å². The number of nitrogens with two attached hydrogens (primary N) is 3. The van der Waals surface area contributed by atoms with Crippen LogP contribution in [0.25, 0.3) is 23.3 Å². The molecule has 0 atom stereocenters. The van der Waals surface area contributed by atoms with Gasteiger partial charge in [0, 0.05) is 0 Å². The van der Waals surface area contributed by atoms with Crippen LogP contribution < -0.4 is 17.5 Å². The number of rotatable bonds is 2. The van der Waals surface area contributed by atoms with Crippen molar-refractivity contribution in [3.05, 3.63) is 0 Å². The molecule has 0 aromatic carbocycles. The number of hydrogen-bond donors (Lipinski definition) is 5. The molecule has 94 valence electrons. The minimum absolute atomic E-state index is 0.227. The van der Waals surface area contributed by atoms with Crippen LogP contribution in [0.1, 0.15) is 0 Å². The summed E-state index contributed by atoms with van der Waals surface area (Å²) in [6.45, 7) is 0. The Morgan fingerprint density at radius 1 is 0.778 bits per heavy atom. The van der Waals surface area contributed by atoms with Gasteiger partial charge >= 0.3 is 0 Å². The van der Waals surface area contributed by atoms with Gasteiger partial charge in [0.05, 0.1) is 0 Å². The van der Waals surface area contributed by atoms with Gasteiger partial charge in [-0.05, 0) is 10.4 Å². The summed E-state index contributed by atoms with van der Waals surface area (Å²) < 4.78 is 1.15. The van der Waals surface area contributed by atoms with Crippen molar-refractivity contribution in [2.75, 3.05) is 5.84 Å². The second kappa shape index (κ2) is 4.89. The minimum Gasteiger partial charge on any atom is -0.335 e. The van der Waals surface area contributed by atoms with Crippen LogP contribution in [0.15, 0.2) is 0 Å². The zero-order chi connectivity index (χ0) is 13.0. The van der Waals surface area contributed by atoms with Gasteiger partial charge in [-0.1, -0.05) is 0 Å². The normalized spacial score (nSPS) is 9.89. The largest absolute Gasteiger partial charge is 0.335 e. The number of nitrogens with zero attached hydrogens (tertiary/aromatic N) is 9. The summed E-state index contributed by atoms with van der Waals surface area (Å²) in [5.74, 6) is 14.7. The summed E-state index contributed by atoms with van der Waals surface area (Å²) >= 11 is 0. The lowest BCUT2D eigenvalue weighted by Crippen LogP contribution is -2.13. The summed E-state index contributed by atoms with van der Waals surface area (Å²) in [5, 5.41) is 33.8. The molecule has 0 fully saturated rings. The van der Waals surface area contributed by atoms with Crippen molar-refractivity contribution in [3.63, 3.8) is 0 Å². The lowest BCUT2D eigenvalue weighted by Gasteiger charge is -1.95. The van der Waals surface area contributed by atoms with Crippen molar-refractivity contribution in [2.45, 2.75) is 0 Å². The van der Waals surface area contributed by atoms with E-state index in [1.54, 1.807) is 0 Å². The Labute approximate surface area is 97.9 Å². The summed E-state index contributed by atoms with van der Waals surface area (Å²) in [6.07, 6.45) is 0. The molecule has 0 unspecified atom stereocenters. The molecule has 0 amide bonds. The molecule has 0 bridgehead atoms. The fraction of sp³-hybridized carbons (Fsp3) is 0. The number of aromatic amines is 2. The first-order chi connectivity index (χ1) is 8.86. The molecule has 0 aliphatic heterocycles. The first kappa shape index (κ1) is 11.5. The number of nitrogen functional groups attached to an aromatic ring is 1. The predicted molar refractivity (Wildman–Crippen MR) is 54.9 cm³/mol. The van der Waals surface area contributed by atoms with E-state index in [4.69, 9.17) is 5.84 Å². The van der Waals surface area contributed by atoms with Crippen LogP contribution in [-0.4, -0.2) is 56.1 Å². The van der Waals surface area contributed by atoms with E-state index in [1.807, 2.05) is 0 Å². The third-order valence-electron chi connectivity index (χ3n) is 1.79. The van der Waals surface area contributed by atoms with Gasteiger partial charge in [-0.15, -0.1) is 30.6 Å². The monoisotopic (exact) mass is 252 g/mol. The minimum atomic E-state index is 0.227. The van der Waals surface area contributed by atoms with Crippen molar-refractivity contribution in [3.8, 4) is 23.3 Å². The quantitative estimate of drug-likeness (QED) is 0.219. The molecular formula is C4H8N14. The lowest BCUT2D eigenvalue weighted by atomic mass is 10.5. The van der Waals surface area contributed by atoms with E-state index in [-0.39, 0.29) is 23.3 Å². The molecule has 0 spiro atoms. The molecule has 0 aliphatic carbocycles. The number of nitrogens with one attached hydrogen (secondary N) is 2. The molecule has 8 N–H and O–H groups in total. The maximum absolute atomic E-state index is 5.73. The molecule has 0 saturated carbocycles. The van der Waals surface area contributed by atoms with Crippen molar-refractivity contribution in [1.82, 2.24) is 56.1 Å². The van der Waals surface area contributed by atoms with E-state index in [0.29, 0.717) is 0 Å². The number of tetrazole rings is 2. The average molecular weight is 252 g/mol. The smallest absolute Gasteiger partial charge is 0.243 e. The molecule has 0 radical (unpaired) electrons. The van der Waals surface area contributed by atoms with Crippen LogP contribution in [0.3, 0.4) is 0 Å². The average Bonchev–Trinajstić information content (AvgIpc) is 3.11. The van der Waals surface area contributed by atoms with Crippen molar-refractivity contribution in [2.24, 2.45) is 11.7 Å². The standard InChI is InChI=1S/C4H4N12.H4N2/c5-16-3(1-6-12-13-7-1)10-11-4(16)2-8-14-15-9-2;1-2/h5H2,(H,6,7,12,13)(H,8,9,14,15);1-2H2. The Hall–Kier alpha value is -3.00. The maximum Gasteiger partial charge on any atom is 0.243 e. The molecule has 3 aromatic rings. The number of hydrogen-bond acceptors (Lipinski definition) is 11. The molecule has 3 rings (SSSR count). The van der Waals surface area contributed by atoms with Crippen LogP contribution in [0.5, 0.6) is 0 Å². The topological polar surface area (TPSA) is 218 Å². The van der Waals surface area contributed by atoms with Gasteiger partial charge in [-0.25, -0.2) is 4.68 Å². The molecule has 14 heteroatoms. The maximum atomic E-state index is 5.73. The first-order valence-electron chi connectivity index (χ1n) is 4.37. The predicted octanol–water partition coefficient (Wildman–Crippen LogP) is -3.83. The summed E-state index contributed by atoms with van der Waals surface area (Å²) in [4.78, 5) is 0. The highest BCUT2D eigenvalue weighted by Crippen LogP contribution is 2.14. The molecule has 0 saturated heterocycles. The highest BCUT2D eigenvalue weighted by molar-refractivity contribution is 5.50. The third kappa shape index (κ3) is 1.83.